The quantitative estimate of drug-likeness (QED) is 0.805. The molecular weight excluding hydrogens is 226 g/mol. The normalized spacial score (nSPS) is 11.9. The minimum Gasteiger partial charge on any atom is -0.497 e. The van der Waals surface area contributed by atoms with Gasteiger partial charge in [0.1, 0.15) is 11.6 Å². The van der Waals surface area contributed by atoms with Crippen molar-refractivity contribution in [3.8, 4) is 5.75 Å². The molecule has 16 heavy (non-hydrogen) atoms. The van der Waals surface area contributed by atoms with Crippen LogP contribution < -0.4 is 10.1 Å². The summed E-state index contributed by atoms with van der Waals surface area (Å²) in [4.78, 5) is 11.2. The van der Waals surface area contributed by atoms with E-state index in [0.29, 0.717) is 0 Å². The number of rotatable bonds is 5. The van der Waals surface area contributed by atoms with Gasteiger partial charge in [0.05, 0.1) is 13.2 Å². The van der Waals surface area contributed by atoms with E-state index in [1.54, 1.807) is 7.11 Å². The van der Waals surface area contributed by atoms with Gasteiger partial charge < -0.3 is 10.1 Å². The Bertz CT molecular complexity index is 355. The highest BCUT2D eigenvalue weighted by Crippen LogP contribution is 2.21. The van der Waals surface area contributed by atoms with Crippen molar-refractivity contribution in [3.63, 3.8) is 0 Å². The number of carbonyl (C=O) groups excluding carboxylic acids is 1. The lowest BCUT2D eigenvalue weighted by Crippen LogP contribution is -2.28. The number of ether oxygens (including phenoxy) is 1. The van der Waals surface area contributed by atoms with Crippen LogP contribution in [0.25, 0.3) is 0 Å². The lowest BCUT2D eigenvalue weighted by molar-refractivity contribution is -0.119. The van der Waals surface area contributed by atoms with Crippen LogP contribution >= 0.6 is 11.6 Å². The van der Waals surface area contributed by atoms with Crippen molar-refractivity contribution in [2.45, 2.75) is 19.4 Å². The molecule has 88 valence electrons. The molecule has 1 rings (SSSR count). The summed E-state index contributed by atoms with van der Waals surface area (Å²) < 4.78 is 5.14. The van der Waals surface area contributed by atoms with Gasteiger partial charge in [0.2, 0.25) is 5.91 Å². The maximum atomic E-state index is 11.2. The van der Waals surface area contributed by atoms with Crippen molar-refractivity contribution in [1.29, 1.82) is 0 Å². The largest absolute Gasteiger partial charge is 0.497 e. The second kappa shape index (κ2) is 6.38. The molecule has 0 aromatic heterocycles. The molecule has 0 aliphatic carbocycles. The van der Waals surface area contributed by atoms with E-state index in [0.717, 1.165) is 17.7 Å². The zero-order valence-electron chi connectivity index (χ0n) is 9.50. The molecule has 3 nitrogen and oxygen atoms in total. The second-order valence-electron chi connectivity index (χ2n) is 3.44. The maximum absolute atomic E-state index is 11.2. The molecule has 0 fully saturated rings. The van der Waals surface area contributed by atoms with Gasteiger partial charge in [-0.1, -0.05) is 19.1 Å². The number of carbonyl (C=O) groups is 1. The Morgan fingerprint density at radius 3 is 2.88 bits per heavy atom. The van der Waals surface area contributed by atoms with E-state index < -0.39 is 0 Å². The van der Waals surface area contributed by atoms with Gasteiger partial charge in [-0.05, 0) is 24.1 Å². The van der Waals surface area contributed by atoms with Gasteiger partial charge in [-0.15, -0.1) is 11.6 Å². The van der Waals surface area contributed by atoms with E-state index in [4.69, 9.17) is 16.3 Å². The van der Waals surface area contributed by atoms with Crippen molar-refractivity contribution in [1.82, 2.24) is 5.32 Å². The number of methoxy groups -OCH3 is 1. The molecular formula is C12H16ClNO2. The van der Waals surface area contributed by atoms with E-state index >= 15 is 0 Å². The van der Waals surface area contributed by atoms with Crippen molar-refractivity contribution < 1.29 is 9.53 Å². The molecule has 0 unspecified atom stereocenters. The van der Waals surface area contributed by atoms with Crippen LogP contribution in [0.2, 0.25) is 0 Å². The molecule has 0 aliphatic rings. The Morgan fingerprint density at radius 1 is 1.56 bits per heavy atom. The second-order valence-corrected chi connectivity index (χ2v) is 3.71. The van der Waals surface area contributed by atoms with Crippen molar-refractivity contribution >= 4 is 17.5 Å². The topological polar surface area (TPSA) is 38.3 Å². The Labute approximate surface area is 101 Å². The van der Waals surface area contributed by atoms with Crippen molar-refractivity contribution in [2.75, 3.05) is 13.0 Å². The average Bonchev–Trinajstić information content (AvgIpc) is 2.35. The van der Waals surface area contributed by atoms with E-state index in [1.165, 1.54) is 0 Å². The van der Waals surface area contributed by atoms with Crippen LogP contribution in [0.5, 0.6) is 5.75 Å². The molecule has 1 atom stereocenters. The highest BCUT2D eigenvalue weighted by molar-refractivity contribution is 6.27. The zero-order chi connectivity index (χ0) is 12.0. The number of halogens is 1. The summed E-state index contributed by atoms with van der Waals surface area (Å²) >= 11 is 5.46. The Morgan fingerprint density at radius 2 is 2.31 bits per heavy atom. The number of alkyl halides is 1. The first kappa shape index (κ1) is 12.8. The monoisotopic (exact) mass is 241 g/mol. The SMILES string of the molecule is CC[C@H](NC(=O)CCl)c1cccc(OC)c1. The first-order chi connectivity index (χ1) is 7.71. The van der Waals surface area contributed by atoms with Crippen LogP contribution in [0.15, 0.2) is 24.3 Å². The summed E-state index contributed by atoms with van der Waals surface area (Å²) in [6.45, 7) is 2.01. The average molecular weight is 242 g/mol. The maximum Gasteiger partial charge on any atom is 0.235 e. The van der Waals surface area contributed by atoms with Gasteiger partial charge in [0.15, 0.2) is 0 Å². The fourth-order valence-corrected chi connectivity index (χ4v) is 1.59. The number of hydrogen-bond donors (Lipinski definition) is 1. The third kappa shape index (κ3) is 3.42. The van der Waals surface area contributed by atoms with Crippen LogP contribution in [0.1, 0.15) is 24.9 Å². The molecule has 1 N–H and O–H groups in total. The Kier molecular flexibility index (Phi) is 5.12. The lowest BCUT2D eigenvalue weighted by atomic mass is 10.0. The van der Waals surface area contributed by atoms with Gasteiger partial charge in [-0.2, -0.15) is 0 Å². The molecule has 0 heterocycles. The Hall–Kier alpha value is -1.22. The molecule has 1 amide bonds. The molecule has 0 saturated heterocycles. The third-order valence-electron chi connectivity index (χ3n) is 2.36. The molecule has 1 aromatic rings. The van der Waals surface area contributed by atoms with Gasteiger partial charge in [-0.3, -0.25) is 4.79 Å². The smallest absolute Gasteiger partial charge is 0.235 e. The summed E-state index contributed by atoms with van der Waals surface area (Å²) in [6.07, 6.45) is 0.815. The van der Waals surface area contributed by atoms with Crippen LogP contribution in [0, 0.1) is 0 Å². The molecule has 0 aliphatic heterocycles. The van der Waals surface area contributed by atoms with Gasteiger partial charge in [-0.25, -0.2) is 0 Å². The summed E-state index contributed by atoms with van der Waals surface area (Å²) in [5.74, 6) is 0.618. The fraction of sp³-hybridized carbons (Fsp3) is 0.417. The molecule has 4 heteroatoms. The first-order valence-corrected chi connectivity index (χ1v) is 5.74. The molecule has 0 saturated carbocycles. The van der Waals surface area contributed by atoms with Gasteiger partial charge >= 0.3 is 0 Å². The van der Waals surface area contributed by atoms with Crippen molar-refractivity contribution in [2.24, 2.45) is 0 Å². The first-order valence-electron chi connectivity index (χ1n) is 5.20. The number of nitrogens with one attached hydrogen (secondary N) is 1. The standard InChI is InChI=1S/C12H16ClNO2/c1-3-11(14-12(15)8-13)9-5-4-6-10(7-9)16-2/h4-7,11H,3,8H2,1-2H3,(H,14,15)/t11-/m0/s1. The van der Waals surface area contributed by atoms with Gasteiger partial charge in [0.25, 0.3) is 0 Å². The molecule has 0 spiro atoms. The predicted octanol–water partition coefficient (Wildman–Crippen LogP) is 2.50. The summed E-state index contributed by atoms with van der Waals surface area (Å²) in [6, 6.07) is 7.65. The lowest BCUT2D eigenvalue weighted by Gasteiger charge is -2.17. The summed E-state index contributed by atoms with van der Waals surface area (Å²) in [5, 5.41) is 2.86. The summed E-state index contributed by atoms with van der Waals surface area (Å²) in [7, 11) is 1.62. The van der Waals surface area contributed by atoms with E-state index in [2.05, 4.69) is 5.32 Å². The molecule has 1 aromatic carbocycles. The minimum absolute atomic E-state index is 0.0126. The van der Waals surface area contributed by atoms with Crippen LogP contribution in [0.3, 0.4) is 0 Å². The number of hydrogen-bond acceptors (Lipinski definition) is 2. The third-order valence-corrected chi connectivity index (χ3v) is 2.60. The molecule has 0 radical (unpaired) electrons. The van der Waals surface area contributed by atoms with E-state index in [9.17, 15) is 4.79 Å². The fourth-order valence-electron chi connectivity index (χ4n) is 1.51. The van der Waals surface area contributed by atoms with Gasteiger partial charge in [0, 0.05) is 0 Å². The number of benzene rings is 1. The van der Waals surface area contributed by atoms with Crippen molar-refractivity contribution in [3.05, 3.63) is 29.8 Å². The van der Waals surface area contributed by atoms with Crippen LogP contribution in [-0.4, -0.2) is 18.9 Å². The number of amides is 1. The highest BCUT2D eigenvalue weighted by atomic mass is 35.5. The van der Waals surface area contributed by atoms with E-state index in [1.807, 2.05) is 31.2 Å². The minimum atomic E-state index is -0.156. The zero-order valence-corrected chi connectivity index (χ0v) is 10.3. The highest BCUT2D eigenvalue weighted by Gasteiger charge is 2.12. The predicted molar refractivity (Wildman–Crippen MR) is 64.9 cm³/mol. The van der Waals surface area contributed by atoms with E-state index in [-0.39, 0.29) is 17.8 Å². The van der Waals surface area contributed by atoms with Crippen LogP contribution in [0.4, 0.5) is 0 Å². The van der Waals surface area contributed by atoms with Crippen LogP contribution in [-0.2, 0) is 4.79 Å². The Balaban J connectivity index is 2.81. The summed E-state index contributed by atoms with van der Waals surface area (Å²) in [5.41, 5.74) is 1.03. The molecule has 0 bridgehead atoms.